The van der Waals surface area contributed by atoms with Gasteiger partial charge < -0.3 is 24.8 Å². The van der Waals surface area contributed by atoms with Crippen molar-refractivity contribution in [2.24, 2.45) is 0 Å². The van der Waals surface area contributed by atoms with Gasteiger partial charge in [0.2, 0.25) is 0 Å². The molecule has 0 aromatic heterocycles. The monoisotopic (exact) mass is 724 g/mol. The molecular weight excluding hydrogens is 679 g/mol. The van der Waals surface area contributed by atoms with Gasteiger partial charge in [-0.15, -0.1) is 12.0 Å². The van der Waals surface area contributed by atoms with Gasteiger partial charge in [-0.2, -0.15) is 35.4 Å². The van der Waals surface area contributed by atoms with Crippen LogP contribution >= 0.6 is 0 Å². The Morgan fingerprint density at radius 1 is 0.696 bits per heavy atom. The standard InChI is InChI=1S/C21H25.C17H18.C5H5.2ClH.Zr/c1-20(2,3)16-9-7-14-11-15-8-10-17(21(4,5)6)13-19(15)18(14)12-16;1-14(16-9-5-3-6-10-16)13-15(2)17-11-7-4-8-12-17;1-2-4-5-3-1;;;/h7,9-10,12-13H,11H2,1-6H3;3-12,14-15H,1-2H3;1-3H,4H2;2*1H;/q-1;;-1;;;+2/p-2. The number of fused-ring (bicyclic) bond motifs is 3. The summed E-state index contributed by atoms with van der Waals surface area (Å²) in [6, 6.07) is 36.7. The zero-order valence-corrected chi connectivity index (χ0v) is 32.7. The SMILES string of the molecule is CC(C)(C)c1c[c-]c2c(c1)-c1cc(C(C)(C)C)ccc1C2.CC([C](=[Zr+2])C(C)c1ccccc1)c1ccccc1.[C-]1=CC=CC1.[Cl-].[Cl-]. The molecule has 0 amide bonds. The van der Waals surface area contributed by atoms with Crippen LogP contribution in [0, 0.1) is 12.1 Å². The summed E-state index contributed by atoms with van der Waals surface area (Å²) in [6.07, 6.45) is 11.0. The Bertz CT molecular complexity index is 1480. The third-order valence-corrected chi connectivity index (χ3v) is 10.8. The van der Waals surface area contributed by atoms with E-state index in [1.165, 1.54) is 44.5 Å². The van der Waals surface area contributed by atoms with Gasteiger partial charge in [0, 0.05) is 0 Å². The van der Waals surface area contributed by atoms with Gasteiger partial charge in [-0.05, 0) is 17.4 Å². The first kappa shape index (κ1) is 39.9. The van der Waals surface area contributed by atoms with Crippen LogP contribution in [0.15, 0.2) is 109 Å². The van der Waals surface area contributed by atoms with Crippen LogP contribution in [-0.2, 0) is 41.5 Å². The van der Waals surface area contributed by atoms with E-state index in [-0.39, 0.29) is 35.6 Å². The van der Waals surface area contributed by atoms with Gasteiger partial charge in [0.25, 0.3) is 0 Å². The van der Waals surface area contributed by atoms with E-state index in [0.717, 1.165) is 12.8 Å². The van der Waals surface area contributed by atoms with Gasteiger partial charge in [-0.25, -0.2) is 12.2 Å². The molecule has 0 spiro atoms. The van der Waals surface area contributed by atoms with E-state index in [2.05, 4.69) is 165 Å². The maximum atomic E-state index is 3.53. The van der Waals surface area contributed by atoms with Crippen molar-refractivity contribution < 1.29 is 49.0 Å². The van der Waals surface area contributed by atoms with E-state index in [1.807, 2.05) is 12.2 Å². The fourth-order valence-electron chi connectivity index (χ4n) is 5.54. The van der Waals surface area contributed by atoms with E-state index < -0.39 is 0 Å². The average molecular weight is 727 g/mol. The molecule has 0 fully saturated rings. The zero-order valence-electron chi connectivity index (χ0n) is 28.7. The fraction of sp³-hybridized carbons (Fsp3) is 0.326. The normalized spacial score (nSPS) is 13.8. The maximum Gasteiger partial charge on any atom is -0.109 e. The Morgan fingerprint density at radius 3 is 1.65 bits per heavy atom. The van der Waals surface area contributed by atoms with Gasteiger partial charge in [0.1, 0.15) is 0 Å². The topological polar surface area (TPSA) is 0 Å². The molecule has 46 heavy (non-hydrogen) atoms. The van der Waals surface area contributed by atoms with Crippen molar-refractivity contribution in [3.8, 4) is 11.1 Å². The quantitative estimate of drug-likeness (QED) is 0.222. The molecule has 0 nitrogen and oxygen atoms in total. The molecule has 3 heteroatoms. The zero-order chi connectivity index (χ0) is 31.9. The number of hydrogen-bond donors (Lipinski definition) is 0. The Hall–Kier alpha value is -2.31. The summed E-state index contributed by atoms with van der Waals surface area (Å²) >= 11 is 1.54. The first-order chi connectivity index (χ1) is 20.9. The predicted molar refractivity (Wildman–Crippen MR) is 187 cm³/mol. The number of benzene rings is 4. The third kappa shape index (κ3) is 10.6. The van der Waals surface area contributed by atoms with Crippen molar-refractivity contribution >= 4 is 3.21 Å². The molecule has 0 radical (unpaired) electrons. The smallest absolute Gasteiger partial charge is 0.109 e. The van der Waals surface area contributed by atoms with Crippen molar-refractivity contribution in [3.63, 3.8) is 0 Å². The van der Waals surface area contributed by atoms with Crippen LogP contribution in [0.5, 0.6) is 0 Å². The van der Waals surface area contributed by atoms with Gasteiger partial charge in [-0.1, -0.05) is 76.3 Å². The van der Waals surface area contributed by atoms with Gasteiger partial charge in [0.05, 0.1) is 0 Å². The second-order valence-corrected chi connectivity index (χ2v) is 15.5. The molecule has 0 N–H and O–H groups in total. The van der Waals surface area contributed by atoms with Crippen molar-refractivity contribution in [1.82, 2.24) is 0 Å². The summed E-state index contributed by atoms with van der Waals surface area (Å²) in [5, 5.41) is 0. The second kappa shape index (κ2) is 17.7. The minimum atomic E-state index is 0. The van der Waals surface area contributed by atoms with Crippen LogP contribution < -0.4 is 24.8 Å². The molecule has 2 atom stereocenters. The number of allylic oxidation sites excluding steroid dienone is 4. The molecule has 2 unspecified atom stereocenters. The van der Waals surface area contributed by atoms with Crippen molar-refractivity contribution in [2.75, 3.05) is 0 Å². The Balaban J connectivity index is 0.000000270. The number of hydrogen-bond acceptors (Lipinski definition) is 0. The molecule has 2 aliphatic rings. The van der Waals surface area contributed by atoms with Crippen molar-refractivity contribution in [1.29, 1.82) is 0 Å². The van der Waals surface area contributed by atoms with Crippen LogP contribution in [0.3, 0.4) is 0 Å². The van der Waals surface area contributed by atoms with Crippen LogP contribution in [0.25, 0.3) is 11.1 Å². The summed E-state index contributed by atoms with van der Waals surface area (Å²) < 4.78 is 1.61. The molecule has 2 aliphatic carbocycles. The summed E-state index contributed by atoms with van der Waals surface area (Å²) in [5.74, 6) is 1.08. The van der Waals surface area contributed by atoms with Gasteiger partial charge >= 0.3 is 125 Å². The molecule has 0 bridgehead atoms. The van der Waals surface area contributed by atoms with Crippen molar-refractivity contribution in [3.05, 3.63) is 155 Å². The molecule has 0 heterocycles. The van der Waals surface area contributed by atoms with E-state index in [0.29, 0.717) is 11.8 Å². The van der Waals surface area contributed by atoms with Gasteiger partial charge in [-0.3, -0.25) is 6.08 Å². The molecule has 6 rings (SSSR count). The number of halogens is 2. The van der Waals surface area contributed by atoms with Gasteiger partial charge in [0.15, 0.2) is 0 Å². The first-order valence-corrected chi connectivity index (χ1v) is 17.2. The van der Waals surface area contributed by atoms with E-state index in [1.54, 1.807) is 27.4 Å². The second-order valence-electron chi connectivity index (χ2n) is 14.1. The largest absolute Gasteiger partial charge is 1.00 e. The van der Waals surface area contributed by atoms with Crippen LogP contribution in [-0.4, -0.2) is 3.21 Å². The molecule has 0 saturated heterocycles. The number of rotatable bonds is 4. The molecular formula is C43H48Cl2Zr-2. The predicted octanol–water partition coefficient (Wildman–Crippen LogP) is 5.28. The summed E-state index contributed by atoms with van der Waals surface area (Å²) in [4.78, 5) is 0. The van der Waals surface area contributed by atoms with Crippen LogP contribution in [0.4, 0.5) is 0 Å². The van der Waals surface area contributed by atoms with E-state index in [9.17, 15) is 0 Å². The Kier molecular flexibility index (Phi) is 15.4. The van der Waals surface area contributed by atoms with Crippen LogP contribution in [0.2, 0.25) is 0 Å². The molecule has 0 aliphatic heterocycles. The Morgan fingerprint density at radius 2 is 1.22 bits per heavy atom. The van der Waals surface area contributed by atoms with Crippen molar-refractivity contribution in [2.45, 2.75) is 90.9 Å². The summed E-state index contributed by atoms with van der Waals surface area (Å²) in [6.45, 7) is 18.3. The molecule has 4 aromatic carbocycles. The minimum Gasteiger partial charge on any atom is -1.00 e. The first-order valence-electron chi connectivity index (χ1n) is 15.9. The fourth-order valence-corrected chi connectivity index (χ4v) is 6.36. The molecule has 240 valence electrons. The minimum absolute atomic E-state index is 0. The summed E-state index contributed by atoms with van der Waals surface area (Å²) in [7, 11) is 0. The average Bonchev–Trinajstić information content (AvgIpc) is 3.72. The molecule has 4 aromatic rings. The van der Waals surface area contributed by atoms with E-state index >= 15 is 0 Å². The van der Waals surface area contributed by atoms with Crippen LogP contribution in [0.1, 0.15) is 107 Å². The molecule has 0 saturated carbocycles. The Labute approximate surface area is 307 Å². The maximum absolute atomic E-state index is 3.53. The summed E-state index contributed by atoms with van der Waals surface area (Å²) in [5.41, 5.74) is 11.6. The van der Waals surface area contributed by atoms with E-state index in [4.69, 9.17) is 0 Å². The third-order valence-electron chi connectivity index (χ3n) is 8.64.